The average molecular weight is 289 g/mol. The van der Waals surface area contributed by atoms with Gasteiger partial charge in [-0.2, -0.15) is 0 Å². The summed E-state index contributed by atoms with van der Waals surface area (Å²) in [6, 6.07) is -0.464. The van der Waals surface area contributed by atoms with Crippen molar-refractivity contribution in [2.45, 2.75) is 45.1 Å². The summed E-state index contributed by atoms with van der Waals surface area (Å²) in [5.74, 6) is -1.03. The minimum atomic E-state index is -1.15. The van der Waals surface area contributed by atoms with Crippen molar-refractivity contribution in [3.63, 3.8) is 0 Å². The lowest BCUT2D eigenvalue weighted by atomic mass is 9.73. The Bertz CT molecular complexity index is 384. The molecule has 1 aliphatic carbocycles. The quantitative estimate of drug-likeness (QED) is 0.743. The number of urea groups is 1. The molecule has 2 unspecified atom stereocenters. The van der Waals surface area contributed by atoms with Crippen molar-refractivity contribution >= 4 is 23.6 Å². The predicted molar refractivity (Wildman–Crippen MR) is 74.1 cm³/mol. The van der Waals surface area contributed by atoms with E-state index in [4.69, 9.17) is 11.6 Å². The van der Waals surface area contributed by atoms with Gasteiger partial charge in [-0.25, -0.2) is 9.59 Å². The van der Waals surface area contributed by atoms with Crippen LogP contribution >= 0.6 is 11.6 Å². The third-order valence-electron chi connectivity index (χ3n) is 3.73. The molecule has 2 amide bonds. The van der Waals surface area contributed by atoms with Crippen molar-refractivity contribution < 1.29 is 14.7 Å². The number of halogens is 1. The highest BCUT2D eigenvalue weighted by Gasteiger charge is 2.46. The molecule has 1 aliphatic rings. The first kappa shape index (κ1) is 15.8. The van der Waals surface area contributed by atoms with Gasteiger partial charge >= 0.3 is 12.0 Å². The first-order valence-electron chi connectivity index (χ1n) is 6.47. The molecule has 1 rings (SSSR count). The standard InChI is InChI=1S/C13H21ClN2O3/c1-9(7-14)8-15-12(19)16-13(11(17)18)6-4-3-5-10(13)2/h7,10H,3-6,8H2,1-2H3,(H,17,18)(H2,15,16,19). The van der Waals surface area contributed by atoms with Gasteiger partial charge in [0, 0.05) is 12.1 Å². The molecule has 5 nitrogen and oxygen atoms in total. The molecule has 0 radical (unpaired) electrons. The fourth-order valence-electron chi connectivity index (χ4n) is 2.41. The van der Waals surface area contributed by atoms with E-state index in [-0.39, 0.29) is 5.92 Å². The van der Waals surface area contributed by atoms with Gasteiger partial charge in [-0.3, -0.25) is 0 Å². The molecule has 19 heavy (non-hydrogen) atoms. The number of hydrogen-bond acceptors (Lipinski definition) is 2. The Balaban J connectivity index is 2.68. The van der Waals surface area contributed by atoms with Crippen LogP contribution < -0.4 is 10.6 Å². The molecule has 0 aliphatic heterocycles. The molecule has 0 aromatic rings. The lowest BCUT2D eigenvalue weighted by Gasteiger charge is -2.39. The third kappa shape index (κ3) is 3.86. The predicted octanol–water partition coefficient (Wildman–Crippen LogP) is 2.46. The van der Waals surface area contributed by atoms with Gasteiger partial charge in [-0.15, -0.1) is 0 Å². The molecular weight excluding hydrogens is 268 g/mol. The molecule has 0 spiro atoms. The molecule has 2 atom stereocenters. The number of carboxylic acid groups (broad SMARTS) is 1. The first-order valence-corrected chi connectivity index (χ1v) is 6.91. The summed E-state index contributed by atoms with van der Waals surface area (Å²) >= 11 is 5.50. The van der Waals surface area contributed by atoms with Crippen LogP contribution in [0.3, 0.4) is 0 Å². The SMILES string of the molecule is CC(=CCl)CNC(=O)NC1(C(=O)O)CCCCC1C. The molecule has 0 bridgehead atoms. The normalized spacial score (nSPS) is 27.7. The molecular formula is C13H21ClN2O3. The smallest absolute Gasteiger partial charge is 0.329 e. The molecule has 1 saturated carbocycles. The average Bonchev–Trinajstić information content (AvgIpc) is 2.38. The maximum atomic E-state index is 11.8. The van der Waals surface area contributed by atoms with Crippen LogP contribution in [0.4, 0.5) is 4.79 Å². The van der Waals surface area contributed by atoms with E-state index in [9.17, 15) is 14.7 Å². The summed E-state index contributed by atoms with van der Waals surface area (Å²) in [4.78, 5) is 23.4. The Labute approximate surface area is 118 Å². The zero-order chi connectivity index (χ0) is 14.5. The maximum absolute atomic E-state index is 11.8. The van der Waals surface area contributed by atoms with Crippen molar-refractivity contribution in [2.75, 3.05) is 6.54 Å². The van der Waals surface area contributed by atoms with Gasteiger partial charge < -0.3 is 15.7 Å². The van der Waals surface area contributed by atoms with Crippen LogP contribution in [0.25, 0.3) is 0 Å². The number of rotatable bonds is 4. The Morgan fingerprint density at radius 1 is 1.47 bits per heavy atom. The van der Waals surface area contributed by atoms with Crippen molar-refractivity contribution in [2.24, 2.45) is 5.92 Å². The highest BCUT2D eigenvalue weighted by atomic mass is 35.5. The van der Waals surface area contributed by atoms with Crippen LogP contribution in [0.15, 0.2) is 11.1 Å². The number of carbonyl (C=O) groups is 2. The highest BCUT2D eigenvalue weighted by molar-refractivity contribution is 6.25. The maximum Gasteiger partial charge on any atom is 0.329 e. The van der Waals surface area contributed by atoms with Crippen molar-refractivity contribution in [1.29, 1.82) is 0 Å². The van der Waals surface area contributed by atoms with Gasteiger partial charge in [0.2, 0.25) is 0 Å². The summed E-state index contributed by atoms with van der Waals surface area (Å²) in [7, 11) is 0. The zero-order valence-electron chi connectivity index (χ0n) is 11.3. The Hall–Kier alpha value is -1.23. The Kier molecular flexibility index (Phi) is 5.66. The van der Waals surface area contributed by atoms with Crippen LogP contribution in [0, 0.1) is 5.92 Å². The molecule has 6 heteroatoms. The van der Waals surface area contributed by atoms with Crippen molar-refractivity contribution in [3.05, 3.63) is 11.1 Å². The third-order valence-corrected chi connectivity index (χ3v) is 4.10. The Morgan fingerprint density at radius 3 is 2.68 bits per heavy atom. The molecule has 0 aromatic carbocycles. The number of aliphatic carboxylic acids is 1. The van der Waals surface area contributed by atoms with Gasteiger partial charge in [0.1, 0.15) is 5.54 Å². The van der Waals surface area contributed by atoms with Crippen LogP contribution in [-0.2, 0) is 4.79 Å². The summed E-state index contributed by atoms with van der Waals surface area (Å²) in [5, 5.41) is 14.7. The van der Waals surface area contributed by atoms with Gasteiger partial charge in [0.05, 0.1) is 0 Å². The van der Waals surface area contributed by atoms with Crippen LogP contribution in [0.1, 0.15) is 39.5 Å². The molecule has 3 N–H and O–H groups in total. The monoisotopic (exact) mass is 288 g/mol. The van der Waals surface area contributed by atoms with E-state index in [1.165, 1.54) is 5.54 Å². The van der Waals surface area contributed by atoms with E-state index in [0.717, 1.165) is 24.8 Å². The molecule has 0 saturated heterocycles. The van der Waals surface area contributed by atoms with E-state index < -0.39 is 17.5 Å². The fraction of sp³-hybridized carbons (Fsp3) is 0.692. The summed E-state index contributed by atoms with van der Waals surface area (Å²) in [5.41, 5.74) is 1.04. The topological polar surface area (TPSA) is 78.4 Å². The second-order valence-electron chi connectivity index (χ2n) is 5.19. The largest absolute Gasteiger partial charge is 0.479 e. The second-order valence-corrected chi connectivity index (χ2v) is 5.40. The van der Waals surface area contributed by atoms with E-state index >= 15 is 0 Å². The van der Waals surface area contributed by atoms with Crippen molar-refractivity contribution in [3.8, 4) is 0 Å². The minimum absolute atomic E-state index is 0.0748. The van der Waals surface area contributed by atoms with Crippen LogP contribution in [-0.4, -0.2) is 29.2 Å². The van der Waals surface area contributed by atoms with Gasteiger partial charge in [0.25, 0.3) is 0 Å². The summed E-state index contributed by atoms with van der Waals surface area (Å²) in [6.45, 7) is 3.96. The summed E-state index contributed by atoms with van der Waals surface area (Å²) < 4.78 is 0. The lowest BCUT2D eigenvalue weighted by molar-refractivity contribution is -0.148. The fourth-order valence-corrected chi connectivity index (χ4v) is 2.49. The van der Waals surface area contributed by atoms with Crippen molar-refractivity contribution in [1.82, 2.24) is 10.6 Å². The van der Waals surface area contributed by atoms with E-state index in [1.807, 2.05) is 6.92 Å². The number of amides is 2. The minimum Gasteiger partial charge on any atom is -0.479 e. The zero-order valence-corrected chi connectivity index (χ0v) is 12.1. The second kappa shape index (κ2) is 6.80. The Morgan fingerprint density at radius 2 is 2.16 bits per heavy atom. The molecule has 0 aromatic heterocycles. The first-order chi connectivity index (χ1) is 8.92. The highest BCUT2D eigenvalue weighted by Crippen LogP contribution is 2.33. The van der Waals surface area contributed by atoms with E-state index in [2.05, 4.69) is 10.6 Å². The number of carboxylic acids is 1. The lowest BCUT2D eigenvalue weighted by Crippen LogP contribution is -2.62. The molecule has 108 valence electrons. The van der Waals surface area contributed by atoms with Gasteiger partial charge in [0.15, 0.2) is 0 Å². The summed E-state index contributed by atoms with van der Waals surface area (Å²) in [6.07, 6.45) is 3.11. The van der Waals surface area contributed by atoms with E-state index in [1.54, 1.807) is 6.92 Å². The van der Waals surface area contributed by atoms with Gasteiger partial charge in [-0.1, -0.05) is 31.4 Å². The van der Waals surface area contributed by atoms with E-state index in [0.29, 0.717) is 13.0 Å². The molecule has 1 fully saturated rings. The van der Waals surface area contributed by atoms with Crippen LogP contribution in [0.2, 0.25) is 0 Å². The number of nitrogens with one attached hydrogen (secondary N) is 2. The number of hydrogen-bond donors (Lipinski definition) is 3. The van der Waals surface area contributed by atoms with Gasteiger partial charge in [-0.05, 0) is 31.3 Å². The number of carbonyl (C=O) groups excluding carboxylic acids is 1. The van der Waals surface area contributed by atoms with Crippen LogP contribution in [0.5, 0.6) is 0 Å². The molecule has 0 heterocycles.